The van der Waals surface area contributed by atoms with Crippen molar-refractivity contribution in [3.05, 3.63) is 70.9 Å². The second-order valence-electron chi connectivity index (χ2n) is 10.7. The van der Waals surface area contributed by atoms with Gasteiger partial charge in [0.25, 0.3) is 5.91 Å². The van der Waals surface area contributed by atoms with Gasteiger partial charge in [0, 0.05) is 46.9 Å². The molecule has 3 amide bonds. The third-order valence-electron chi connectivity index (χ3n) is 8.33. The number of carbonyl (C=O) groups excluding carboxylic acids is 3. The first-order chi connectivity index (χ1) is 18.8. The number of nitrogens with zero attached hydrogens (tertiary/aromatic N) is 2. The Morgan fingerprint density at radius 2 is 1.77 bits per heavy atom. The summed E-state index contributed by atoms with van der Waals surface area (Å²) in [5, 5.41) is 4.31. The average Bonchev–Trinajstić information content (AvgIpc) is 3.42. The summed E-state index contributed by atoms with van der Waals surface area (Å²) in [5.41, 5.74) is 4.62. The number of H-pyrrole nitrogens is 1. The molecule has 0 radical (unpaired) electrons. The Morgan fingerprint density at radius 1 is 1.08 bits per heavy atom. The van der Waals surface area contributed by atoms with Crippen LogP contribution in [0.1, 0.15) is 73.3 Å². The summed E-state index contributed by atoms with van der Waals surface area (Å²) in [6, 6.07) is 14.8. The minimum atomic E-state index is -0.643. The van der Waals surface area contributed by atoms with Crippen LogP contribution in [0.4, 0.5) is 4.79 Å². The number of para-hydroxylation sites is 1. The van der Waals surface area contributed by atoms with Crippen LogP contribution in [0.2, 0.25) is 0 Å². The van der Waals surface area contributed by atoms with Crippen molar-refractivity contribution in [2.75, 3.05) is 19.7 Å². The first-order valence-corrected chi connectivity index (χ1v) is 14.1. The van der Waals surface area contributed by atoms with E-state index in [1.54, 1.807) is 11.8 Å². The Balaban J connectivity index is 1.48. The van der Waals surface area contributed by atoms with Crippen molar-refractivity contribution in [1.82, 2.24) is 20.1 Å². The quantitative estimate of drug-likeness (QED) is 0.440. The van der Waals surface area contributed by atoms with Gasteiger partial charge in [-0.2, -0.15) is 0 Å². The van der Waals surface area contributed by atoms with Gasteiger partial charge in [-0.15, -0.1) is 0 Å². The maximum absolute atomic E-state index is 14.1. The van der Waals surface area contributed by atoms with Crippen LogP contribution >= 0.6 is 0 Å². The summed E-state index contributed by atoms with van der Waals surface area (Å²) in [6.07, 6.45) is 1.74. The fourth-order valence-electron chi connectivity index (χ4n) is 6.16. The number of rotatable bonds is 7. The molecule has 3 heterocycles. The Morgan fingerprint density at radius 3 is 2.49 bits per heavy atom. The molecule has 2 N–H and O–H groups in total. The number of fused-ring (bicyclic) bond motifs is 2. The predicted octanol–water partition coefficient (Wildman–Crippen LogP) is 5.17. The lowest BCUT2D eigenvalue weighted by molar-refractivity contribution is -0.128. The van der Waals surface area contributed by atoms with Crippen LogP contribution in [-0.4, -0.2) is 64.5 Å². The van der Waals surface area contributed by atoms with Gasteiger partial charge in [-0.1, -0.05) is 56.7 Å². The van der Waals surface area contributed by atoms with Crippen molar-refractivity contribution in [2.45, 2.75) is 65.1 Å². The lowest BCUT2D eigenvalue weighted by Crippen LogP contribution is -2.55. The zero-order chi connectivity index (χ0) is 27.7. The average molecular weight is 531 g/mol. The molecular formula is C31H38N4O4. The standard InChI is InChI=1S/C31H38N4O4/c1-5-19(3)27(29(36)33-21-15-17-34(18-16-21)31(38)39-6-2)35-28(22-11-7-8-12-23(22)30(35)37)26-20(4)32-25-14-10-9-13-24(25)26/h7-14,19,21,27-28,32H,5-6,15-18H2,1-4H3,(H,33,36). The van der Waals surface area contributed by atoms with Crippen LogP contribution in [0.5, 0.6) is 0 Å². The molecule has 3 atom stereocenters. The van der Waals surface area contributed by atoms with E-state index in [1.807, 2.05) is 61.2 Å². The summed E-state index contributed by atoms with van der Waals surface area (Å²) >= 11 is 0. The van der Waals surface area contributed by atoms with E-state index < -0.39 is 6.04 Å². The van der Waals surface area contributed by atoms with Gasteiger partial charge in [0.05, 0.1) is 12.6 Å². The van der Waals surface area contributed by atoms with Crippen molar-refractivity contribution in [3.8, 4) is 0 Å². The number of piperidine rings is 1. The van der Waals surface area contributed by atoms with E-state index in [0.717, 1.165) is 34.1 Å². The molecule has 0 aliphatic carbocycles. The minimum absolute atomic E-state index is 0.0594. The first kappa shape index (κ1) is 26.8. The van der Waals surface area contributed by atoms with Crippen molar-refractivity contribution in [3.63, 3.8) is 0 Å². The molecule has 3 aromatic rings. The summed E-state index contributed by atoms with van der Waals surface area (Å²) in [7, 11) is 0. The number of ether oxygens (including phenoxy) is 1. The Hall–Kier alpha value is -3.81. The van der Waals surface area contributed by atoms with Crippen LogP contribution in [-0.2, 0) is 9.53 Å². The maximum atomic E-state index is 14.1. The van der Waals surface area contributed by atoms with Crippen molar-refractivity contribution < 1.29 is 19.1 Å². The highest BCUT2D eigenvalue weighted by Crippen LogP contribution is 2.45. The fraction of sp³-hybridized carbons (Fsp3) is 0.452. The first-order valence-electron chi connectivity index (χ1n) is 14.1. The largest absolute Gasteiger partial charge is 0.450 e. The van der Waals surface area contributed by atoms with E-state index in [9.17, 15) is 14.4 Å². The van der Waals surface area contributed by atoms with Crippen molar-refractivity contribution in [2.24, 2.45) is 5.92 Å². The molecule has 2 aromatic carbocycles. The Labute approximate surface area is 229 Å². The molecule has 206 valence electrons. The SMILES string of the molecule is CCOC(=O)N1CCC(NC(=O)C(C(C)CC)N2C(=O)c3ccccc3C2c2c(C)[nH]c3ccccc23)CC1. The molecule has 1 saturated heterocycles. The van der Waals surface area contributed by atoms with Gasteiger partial charge < -0.3 is 24.8 Å². The molecule has 1 fully saturated rings. The Bertz CT molecular complexity index is 1370. The highest BCUT2D eigenvalue weighted by molar-refractivity contribution is 6.03. The van der Waals surface area contributed by atoms with Crippen molar-refractivity contribution in [1.29, 1.82) is 0 Å². The second-order valence-corrected chi connectivity index (χ2v) is 10.7. The second kappa shape index (κ2) is 11.1. The number of hydrogen-bond donors (Lipinski definition) is 2. The molecule has 0 bridgehead atoms. The molecule has 39 heavy (non-hydrogen) atoms. The summed E-state index contributed by atoms with van der Waals surface area (Å²) in [5.74, 6) is -0.309. The van der Waals surface area contributed by atoms with Gasteiger partial charge in [0.1, 0.15) is 6.04 Å². The van der Waals surface area contributed by atoms with Gasteiger partial charge in [0.2, 0.25) is 5.91 Å². The number of carbonyl (C=O) groups is 3. The molecule has 8 heteroatoms. The zero-order valence-corrected chi connectivity index (χ0v) is 23.2. The normalized spacial score (nSPS) is 19.2. The molecular weight excluding hydrogens is 492 g/mol. The molecule has 2 aliphatic rings. The molecule has 0 saturated carbocycles. The van der Waals surface area contributed by atoms with Gasteiger partial charge in [-0.3, -0.25) is 9.59 Å². The van der Waals surface area contributed by atoms with Gasteiger partial charge in [0.15, 0.2) is 0 Å². The lowest BCUT2D eigenvalue weighted by atomic mass is 9.91. The summed E-state index contributed by atoms with van der Waals surface area (Å²) in [6.45, 7) is 9.34. The van der Waals surface area contributed by atoms with Crippen LogP contribution in [0.25, 0.3) is 10.9 Å². The number of aryl methyl sites for hydroxylation is 1. The topological polar surface area (TPSA) is 94.7 Å². The van der Waals surface area contributed by atoms with Crippen LogP contribution in [0.15, 0.2) is 48.5 Å². The van der Waals surface area contributed by atoms with Crippen molar-refractivity contribution >= 4 is 28.8 Å². The van der Waals surface area contributed by atoms with Crippen LogP contribution in [0.3, 0.4) is 0 Å². The summed E-state index contributed by atoms with van der Waals surface area (Å²) in [4.78, 5) is 47.2. The molecule has 2 aliphatic heterocycles. The smallest absolute Gasteiger partial charge is 0.409 e. The minimum Gasteiger partial charge on any atom is -0.450 e. The lowest BCUT2D eigenvalue weighted by Gasteiger charge is -2.38. The number of benzene rings is 2. The fourth-order valence-corrected chi connectivity index (χ4v) is 6.16. The highest BCUT2D eigenvalue weighted by atomic mass is 16.6. The maximum Gasteiger partial charge on any atom is 0.409 e. The zero-order valence-electron chi connectivity index (χ0n) is 23.2. The summed E-state index contributed by atoms with van der Waals surface area (Å²) < 4.78 is 5.13. The molecule has 3 unspecified atom stereocenters. The van der Waals surface area contributed by atoms with Gasteiger partial charge >= 0.3 is 6.09 Å². The van der Waals surface area contributed by atoms with E-state index in [1.165, 1.54) is 0 Å². The number of aromatic nitrogens is 1. The highest BCUT2D eigenvalue weighted by Gasteiger charge is 2.47. The van der Waals surface area contributed by atoms with E-state index in [2.05, 4.69) is 23.3 Å². The van der Waals surface area contributed by atoms with Gasteiger partial charge in [-0.25, -0.2) is 4.79 Å². The van der Waals surface area contributed by atoms with Crippen LogP contribution < -0.4 is 5.32 Å². The number of hydrogen-bond acceptors (Lipinski definition) is 4. The number of amides is 3. The van der Waals surface area contributed by atoms with Crippen LogP contribution in [0, 0.1) is 12.8 Å². The van der Waals surface area contributed by atoms with E-state index in [-0.39, 0.29) is 35.9 Å². The molecule has 5 rings (SSSR count). The molecule has 1 aromatic heterocycles. The monoisotopic (exact) mass is 530 g/mol. The molecule has 0 spiro atoms. The number of aromatic amines is 1. The number of likely N-dealkylation sites (tertiary alicyclic amines) is 1. The number of nitrogens with one attached hydrogen (secondary N) is 2. The van der Waals surface area contributed by atoms with Gasteiger partial charge in [-0.05, 0) is 50.3 Å². The third-order valence-corrected chi connectivity index (χ3v) is 8.33. The van der Waals surface area contributed by atoms with E-state index in [4.69, 9.17) is 4.74 Å². The predicted molar refractivity (Wildman–Crippen MR) is 150 cm³/mol. The van der Waals surface area contributed by atoms with E-state index in [0.29, 0.717) is 38.1 Å². The molecule has 8 nitrogen and oxygen atoms in total. The van der Waals surface area contributed by atoms with E-state index >= 15 is 0 Å². The third kappa shape index (κ3) is 4.88. The Kier molecular flexibility index (Phi) is 7.64.